The van der Waals surface area contributed by atoms with Crippen LogP contribution in [0.2, 0.25) is 0 Å². The summed E-state index contributed by atoms with van der Waals surface area (Å²) in [5.41, 5.74) is 1.65. The zero-order valence-electron chi connectivity index (χ0n) is 18.1. The van der Waals surface area contributed by atoms with Crippen molar-refractivity contribution in [1.29, 1.82) is 0 Å². The lowest BCUT2D eigenvalue weighted by Gasteiger charge is -2.44. The molecule has 1 aliphatic heterocycles. The fourth-order valence-electron chi connectivity index (χ4n) is 3.84. The summed E-state index contributed by atoms with van der Waals surface area (Å²) in [6.45, 7) is 3.70. The molecule has 6 heteroatoms. The molecule has 2 aromatic rings. The van der Waals surface area contributed by atoms with Gasteiger partial charge in [-0.25, -0.2) is 9.59 Å². The van der Waals surface area contributed by atoms with Gasteiger partial charge < -0.3 is 9.47 Å². The van der Waals surface area contributed by atoms with Crippen LogP contribution in [0.1, 0.15) is 56.4 Å². The van der Waals surface area contributed by atoms with E-state index in [0.29, 0.717) is 19.3 Å². The van der Waals surface area contributed by atoms with Crippen molar-refractivity contribution >= 4 is 12.1 Å². The molecular formula is C25H30FNO4. The monoisotopic (exact) mass is 427 g/mol. The summed E-state index contributed by atoms with van der Waals surface area (Å²) in [5, 5.41) is 0. The highest BCUT2D eigenvalue weighted by Crippen LogP contribution is 2.43. The fraction of sp³-hybridized carbons (Fsp3) is 0.440. The number of amides is 1. The van der Waals surface area contributed by atoms with Crippen molar-refractivity contribution in [3.63, 3.8) is 0 Å². The number of hydrogen-bond donors (Lipinski definition) is 0. The van der Waals surface area contributed by atoms with Gasteiger partial charge >= 0.3 is 12.1 Å². The van der Waals surface area contributed by atoms with Crippen molar-refractivity contribution in [2.75, 3.05) is 13.3 Å². The van der Waals surface area contributed by atoms with Crippen LogP contribution in [0.15, 0.2) is 60.7 Å². The minimum absolute atomic E-state index is 0.158. The molecule has 166 valence electrons. The maximum absolute atomic E-state index is 13.3. The number of ether oxygens (including phenoxy) is 2. The number of carbonyl (C=O) groups excluding carboxylic acids is 2. The van der Waals surface area contributed by atoms with Crippen molar-refractivity contribution in [3.8, 4) is 0 Å². The average molecular weight is 428 g/mol. The number of hydrogen-bond acceptors (Lipinski definition) is 4. The van der Waals surface area contributed by atoms with E-state index in [1.165, 1.54) is 4.90 Å². The molecule has 0 bridgehead atoms. The summed E-state index contributed by atoms with van der Waals surface area (Å²) in [7, 11) is 0. The number of nitrogens with zero attached hydrogens (tertiary/aromatic N) is 1. The Labute approximate surface area is 183 Å². The number of cyclic esters (lactones) is 1. The molecule has 1 amide bonds. The summed E-state index contributed by atoms with van der Waals surface area (Å²) >= 11 is 0. The molecule has 0 saturated carbocycles. The van der Waals surface area contributed by atoms with E-state index in [-0.39, 0.29) is 12.5 Å². The predicted molar refractivity (Wildman–Crippen MR) is 116 cm³/mol. The van der Waals surface area contributed by atoms with Gasteiger partial charge in [-0.2, -0.15) is 0 Å². The highest BCUT2D eigenvalue weighted by molar-refractivity contribution is 5.83. The maximum Gasteiger partial charge on any atom is 0.411 e. The molecule has 1 fully saturated rings. The molecule has 0 N–H and O–H groups in total. The van der Waals surface area contributed by atoms with Gasteiger partial charge in [-0.15, -0.1) is 0 Å². The molecule has 0 aliphatic carbocycles. The van der Waals surface area contributed by atoms with Gasteiger partial charge in [-0.05, 0) is 36.3 Å². The Kier molecular flexibility index (Phi) is 8.04. The van der Waals surface area contributed by atoms with E-state index in [2.05, 4.69) is 0 Å². The predicted octanol–water partition coefficient (Wildman–Crippen LogP) is 5.63. The highest BCUT2D eigenvalue weighted by Gasteiger charge is 2.48. The Morgan fingerprint density at radius 3 is 2.23 bits per heavy atom. The third-order valence-corrected chi connectivity index (χ3v) is 5.32. The molecule has 3 rings (SSSR count). The van der Waals surface area contributed by atoms with Gasteiger partial charge in [-0.1, -0.05) is 74.5 Å². The standard InChI is InChI=1S/C25H30FNO4/c1-18(2)17-30-25(29)27-21(15-9-10-16-26)24(28)31-23(20-13-7-4-8-14-20)22(27)19-11-5-3-6-12-19/h3-8,11-14,18,21-23H,9-10,15-17H2,1-2H3. The van der Waals surface area contributed by atoms with Crippen molar-refractivity contribution in [3.05, 3.63) is 71.8 Å². The lowest BCUT2D eigenvalue weighted by Crippen LogP contribution is -2.54. The molecule has 1 heterocycles. The Morgan fingerprint density at radius 2 is 1.65 bits per heavy atom. The van der Waals surface area contributed by atoms with Crippen LogP contribution in [0.3, 0.4) is 0 Å². The zero-order valence-corrected chi connectivity index (χ0v) is 18.1. The third-order valence-electron chi connectivity index (χ3n) is 5.32. The first kappa shape index (κ1) is 22.8. The molecule has 2 aromatic carbocycles. The van der Waals surface area contributed by atoms with Crippen LogP contribution < -0.4 is 0 Å². The average Bonchev–Trinajstić information content (AvgIpc) is 2.79. The molecule has 3 unspecified atom stereocenters. The van der Waals surface area contributed by atoms with Crippen molar-refractivity contribution < 1.29 is 23.5 Å². The number of esters is 1. The molecule has 1 saturated heterocycles. The lowest BCUT2D eigenvalue weighted by atomic mass is 9.90. The van der Waals surface area contributed by atoms with Gasteiger partial charge in [-0.3, -0.25) is 9.29 Å². The Hall–Kier alpha value is -2.89. The van der Waals surface area contributed by atoms with Gasteiger partial charge in [0.05, 0.1) is 13.3 Å². The maximum atomic E-state index is 13.3. The number of benzene rings is 2. The van der Waals surface area contributed by atoms with Crippen LogP contribution in [-0.4, -0.2) is 36.3 Å². The van der Waals surface area contributed by atoms with Crippen LogP contribution >= 0.6 is 0 Å². The molecular weight excluding hydrogens is 397 g/mol. The fourth-order valence-corrected chi connectivity index (χ4v) is 3.84. The van der Waals surface area contributed by atoms with E-state index in [1.807, 2.05) is 74.5 Å². The molecule has 0 aromatic heterocycles. The topological polar surface area (TPSA) is 55.8 Å². The van der Waals surface area contributed by atoms with E-state index < -0.39 is 36.9 Å². The smallest absolute Gasteiger partial charge is 0.411 e. The first-order chi connectivity index (χ1) is 15.0. The number of morpholine rings is 1. The second-order valence-electron chi connectivity index (χ2n) is 8.20. The summed E-state index contributed by atoms with van der Waals surface area (Å²) in [5.74, 6) is -0.327. The van der Waals surface area contributed by atoms with Gasteiger partial charge in [0, 0.05) is 0 Å². The summed E-state index contributed by atoms with van der Waals surface area (Å²) < 4.78 is 24.2. The number of halogens is 1. The Bertz CT molecular complexity index is 843. The van der Waals surface area contributed by atoms with E-state index in [9.17, 15) is 14.0 Å². The van der Waals surface area contributed by atoms with E-state index in [4.69, 9.17) is 9.47 Å². The van der Waals surface area contributed by atoms with Crippen molar-refractivity contribution in [2.45, 2.75) is 51.3 Å². The SMILES string of the molecule is CC(C)COC(=O)N1C(CCCCF)C(=O)OC(c2ccccc2)C1c1ccccc1. The van der Waals surface area contributed by atoms with E-state index in [0.717, 1.165) is 11.1 Å². The van der Waals surface area contributed by atoms with Crippen LogP contribution in [-0.2, 0) is 14.3 Å². The lowest BCUT2D eigenvalue weighted by molar-refractivity contribution is -0.173. The number of unbranched alkanes of at least 4 members (excludes halogenated alkanes) is 1. The molecule has 3 atom stereocenters. The van der Waals surface area contributed by atoms with Crippen LogP contribution in [0, 0.1) is 5.92 Å². The Morgan fingerprint density at radius 1 is 1.03 bits per heavy atom. The number of carbonyl (C=O) groups is 2. The molecule has 5 nitrogen and oxygen atoms in total. The number of alkyl halides is 1. The van der Waals surface area contributed by atoms with Crippen molar-refractivity contribution in [2.24, 2.45) is 5.92 Å². The van der Waals surface area contributed by atoms with Crippen molar-refractivity contribution in [1.82, 2.24) is 4.90 Å². The van der Waals surface area contributed by atoms with Crippen LogP contribution in [0.5, 0.6) is 0 Å². The molecule has 0 radical (unpaired) electrons. The first-order valence-electron chi connectivity index (χ1n) is 10.8. The van der Waals surface area contributed by atoms with Gasteiger partial charge in [0.15, 0.2) is 6.10 Å². The van der Waals surface area contributed by atoms with Crippen LogP contribution in [0.25, 0.3) is 0 Å². The van der Waals surface area contributed by atoms with E-state index >= 15 is 0 Å². The van der Waals surface area contributed by atoms with Gasteiger partial charge in [0.2, 0.25) is 0 Å². The largest absolute Gasteiger partial charge is 0.453 e. The second kappa shape index (κ2) is 10.9. The van der Waals surface area contributed by atoms with Crippen LogP contribution in [0.4, 0.5) is 9.18 Å². The normalized spacial score (nSPS) is 21.1. The minimum Gasteiger partial charge on any atom is -0.453 e. The summed E-state index contributed by atoms with van der Waals surface area (Å²) in [4.78, 5) is 27.8. The minimum atomic E-state index is -0.823. The Balaban J connectivity index is 2.04. The second-order valence-corrected chi connectivity index (χ2v) is 8.20. The molecule has 1 aliphatic rings. The van der Waals surface area contributed by atoms with E-state index in [1.54, 1.807) is 0 Å². The molecule has 31 heavy (non-hydrogen) atoms. The summed E-state index contributed by atoms with van der Waals surface area (Å²) in [6, 6.07) is 17.6. The zero-order chi connectivity index (χ0) is 22.2. The highest BCUT2D eigenvalue weighted by atomic mass is 19.1. The third kappa shape index (κ3) is 5.63. The quantitative estimate of drug-likeness (QED) is 0.405. The van der Waals surface area contributed by atoms with Gasteiger partial charge in [0.1, 0.15) is 12.1 Å². The first-order valence-corrected chi connectivity index (χ1v) is 10.8. The number of rotatable bonds is 8. The summed E-state index contributed by atoms with van der Waals surface area (Å²) in [6.07, 6.45) is -0.0893. The van der Waals surface area contributed by atoms with Gasteiger partial charge in [0.25, 0.3) is 0 Å². The molecule has 0 spiro atoms.